The molecule has 0 aliphatic rings. The van der Waals surface area contributed by atoms with E-state index >= 15 is 0 Å². The Morgan fingerprint density at radius 1 is 0.707 bits per heavy atom. The number of hydrogen-bond donors (Lipinski definition) is 2. The summed E-state index contributed by atoms with van der Waals surface area (Å²) >= 11 is 0. The topological polar surface area (TPSA) is 134 Å². The van der Waals surface area contributed by atoms with E-state index in [0.29, 0.717) is 6.42 Å². The molecule has 0 bridgehead atoms. The summed E-state index contributed by atoms with van der Waals surface area (Å²) < 4.78 is 32.3. The van der Waals surface area contributed by atoms with Gasteiger partial charge in [-0.1, -0.05) is 103 Å². The molecule has 0 amide bonds. The van der Waals surface area contributed by atoms with Gasteiger partial charge in [-0.3, -0.25) is 18.6 Å². The fourth-order valence-electron chi connectivity index (χ4n) is 4.21. The predicted molar refractivity (Wildman–Crippen MR) is 164 cm³/mol. The van der Waals surface area contributed by atoms with E-state index in [4.69, 9.17) is 24.3 Å². The van der Waals surface area contributed by atoms with Crippen LogP contribution in [0.15, 0.2) is 12.2 Å². The second kappa shape index (κ2) is 28.9. The van der Waals surface area contributed by atoms with Gasteiger partial charge in [-0.05, 0) is 38.5 Å². The lowest BCUT2D eigenvalue weighted by molar-refractivity contribution is -0.161. The van der Waals surface area contributed by atoms with E-state index in [1.54, 1.807) is 0 Å². The third-order valence-corrected chi connectivity index (χ3v) is 7.64. The highest BCUT2D eigenvalue weighted by molar-refractivity contribution is 7.47. The average Bonchev–Trinajstić information content (AvgIpc) is 2.95. The van der Waals surface area contributed by atoms with Crippen LogP contribution in [-0.2, 0) is 32.7 Å². The first-order valence-electron chi connectivity index (χ1n) is 16.2. The Bertz CT molecular complexity index is 704. The zero-order chi connectivity index (χ0) is 30.4. The van der Waals surface area contributed by atoms with Gasteiger partial charge in [-0.2, -0.15) is 0 Å². The Balaban J connectivity index is 4.26. The molecule has 0 saturated heterocycles. The van der Waals surface area contributed by atoms with Crippen molar-refractivity contribution >= 4 is 19.8 Å². The van der Waals surface area contributed by atoms with Crippen molar-refractivity contribution in [3.05, 3.63) is 12.2 Å². The Morgan fingerprint density at radius 3 is 1.73 bits per heavy atom. The molecule has 0 aromatic rings. The molecule has 0 spiro atoms. The van der Waals surface area contributed by atoms with Crippen molar-refractivity contribution in [1.29, 1.82) is 0 Å². The number of esters is 2. The maximum absolute atomic E-state index is 12.4. The summed E-state index contributed by atoms with van der Waals surface area (Å²) in [5.41, 5.74) is 5.30. The summed E-state index contributed by atoms with van der Waals surface area (Å²) in [7, 11) is -4.35. The molecule has 0 aliphatic heterocycles. The highest BCUT2D eigenvalue weighted by atomic mass is 31.2. The molecular weight excluding hydrogens is 545 g/mol. The molecule has 9 nitrogen and oxygen atoms in total. The van der Waals surface area contributed by atoms with Crippen LogP contribution < -0.4 is 5.73 Å². The van der Waals surface area contributed by atoms with Gasteiger partial charge in [0.05, 0.1) is 13.2 Å². The van der Waals surface area contributed by atoms with Gasteiger partial charge in [0.25, 0.3) is 0 Å². The van der Waals surface area contributed by atoms with Gasteiger partial charge in [-0.25, -0.2) is 4.57 Å². The quantitative estimate of drug-likeness (QED) is 0.0362. The normalized spacial score (nSPS) is 13.8. The van der Waals surface area contributed by atoms with E-state index in [9.17, 15) is 19.0 Å². The molecule has 0 aromatic heterocycles. The highest BCUT2D eigenvalue weighted by Crippen LogP contribution is 2.43. The lowest BCUT2D eigenvalue weighted by Gasteiger charge is -2.19. The van der Waals surface area contributed by atoms with Crippen molar-refractivity contribution in [2.45, 2.75) is 148 Å². The Labute approximate surface area is 249 Å². The van der Waals surface area contributed by atoms with Crippen molar-refractivity contribution in [3.8, 4) is 0 Å². The number of carbonyl (C=O) groups excluding carboxylic acids is 2. The number of hydrogen-bond acceptors (Lipinski definition) is 8. The van der Waals surface area contributed by atoms with Crippen LogP contribution in [0, 0.1) is 0 Å². The fourth-order valence-corrected chi connectivity index (χ4v) is 4.98. The Kier molecular flexibility index (Phi) is 28.0. The maximum Gasteiger partial charge on any atom is 0.472 e. The second-order valence-electron chi connectivity index (χ2n) is 10.7. The molecule has 0 fully saturated rings. The predicted octanol–water partition coefficient (Wildman–Crippen LogP) is 7.93. The summed E-state index contributed by atoms with van der Waals surface area (Å²) in [6.45, 7) is 3.62. The average molecular weight is 606 g/mol. The molecule has 0 aliphatic carbocycles. The van der Waals surface area contributed by atoms with Gasteiger partial charge in [0.15, 0.2) is 6.10 Å². The van der Waals surface area contributed by atoms with Gasteiger partial charge in [0, 0.05) is 19.4 Å². The number of ether oxygens (including phenoxy) is 2. The van der Waals surface area contributed by atoms with Gasteiger partial charge in [0.1, 0.15) is 6.61 Å². The fraction of sp³-hybridized carbons (Fsp3) is 0.871. The molecule has 0 radical (unpaired) electrons. The number of rotatable bonds is 30. The zero-order valence-electron chi connectivity index (χ0n) is 26.0. The number of unbranched alkanes of at least 4 members (excludes halogenated alkanes) is 15. The molecule has 0 aromatic carbocycles. The van der Waals surface area contributed by atoms with Gasteiger partial charge < -0.3 is 20.1 Å². The van der Waals surface area contributed by atoms with E-state index in [2.05, 4.69) is 26.0 Å². The first-order valence-corrected chi connectivity index (χ1v) is 17.7. The molecule has 0 saturated carbocycles. The van der Waals surface area contributed by atoms with Crippen molar-refractivity contribution in [2.75, 3.05) is 26.4 Å². The first kappa shape index (κ1) is 39.8. The van der Waals surface area contributed by atoms with Crippen molar-refractivity contribution < 1.29 is 37.6 Å². The van der Waals surface area contributed by atoms with Crippen LogP contribution in [0.1, 0.15) is 142 Å². The van der Waals surface area contributed by atoms with E-state index in [1.165, 1.54) is 51.4 Å². The molecule has 2 unspecified atom stereocenters. The van der Waals surface area contributed by atoms with E-state index < -0.39 is 32.5 Å². The molecule has 3 N–H and O–H groups in total. The molecule has 242 valence electrons. The van der Waals surface area contributed by atoms with Crippen molar-refractivity contribution in [1.82, 2.24) is 0 Å². The Morgan fingerprint density at radius 2 is 1.20 bits per heavy atom. The number of phosphoric acid groups is 1. The smallest absolute Gasteiger partial charge is 0.462 e. The monoisotopic (exact) mass is 605 g/mol. The number of nitrogens with two attached hydrogens (primary N) is 1. The van der Waals surface area contributed by atoms with Crippen LogP contribution in [-0.4, -0.2) is 49.3 Å². The highest BCUT2D eigenvalue weighted by Gasteiger charge is 2.25. The minimum Gasteiger partial charge on any atom is -0.462 e. The summed E-state index contributed by atoms with van der Waals surface area (Å²) in [5.74, 6) is -0.849. The van der Waals surface area contributed by atoms with Crippen molar-refractivity contribution in [2.24, 2.45) is 5.73 Å². The standard InChI is InChI=1S/C31H60NO8P/c1-3-5-7-9-11-12-13-14-15-16-17-18-20-22-24-31(34)40-29(28-39-41(35,36)38-26-25-32)27-37-30(33)23-21-19-10-8-6-4-2/h13-14,29H,3-12,15-28,32H2,1-2H3,(H,35,36)/b14-13-. The molecule has 0 heterocycles. The van der Waals surface area contributed by atoms with Crippen LogP contribution in [0.5, 0.6) is 0 Å². The lowest BCUT2D eigenvalue weighted by Crippen LogP contribution is -2.29. The van der Waals surface area contributed by atoms with Gasteiger partial charge in [-0.15, -0.1) is 0 Å². The number of phosphoric ester groups is 1. The summed E-state index contributed by atoms with van der Waals surface area (Å²) in [6, 6.07) is 0. The molecule has 0 rings (SSSR count). The second-order valence-corrected chi connectivity index (χ2v) is 12.1. The van der Waals surface area contributed by atoms with E-state index in [0.717, 1.165) is 57.8 Å². The molecular formula is C31H60NO8P. The lowest BCUT2D eigenvalue weighted by atomic mass is 10.1. The third-order valence-electron chi connectivity index (χ3n) is 6.65. The largest absolute Gasteiger partial charge is 0.472 e. The molecule has 10 heteroatoms. The minimum absolute atomic E-state index is 0.0538. The zero-order valence-corrected chi connectivity index (χ0v) is 26.9. The Hall–Kier alpha value is -1.25. The number of carbonyl (C=O) groups is 2. The minimum atomic E-state index is -4.35. The third kappa shape index (κ3) is 28.6. The molecule has 2 atom stereocenters. The van der Waals surface area contributed by atoms with Gasteiger partial charge >= 0.3 is 19.8 Å². The SMILES string of the molecule is CCCCCCC/C=C\CCCCCCCC(=O)OC(COC(=O)CCCCCCCC)COP(=O)(O)OCCN. The van der Waals surface area contributed by atoms with Crippen LogP contribution >= 0.6 is 7.82 Å². The summed E-state index contributed by atoms with van der Waals surface area (Å²) in [5, 5.41) is 0. The van der Waals surface area contributed by atoms with Crippen LogP contribution in [0.2, 0.25) is 0 Å². The summed E-state index contributed by atoms with van der Waals surface area (Å²) in [4.78, 5) is 34.3. The van der Waals surface area contributed by atoms with Crippen LogP contribution in [0.25, 0.3) is 0 Å². The van der Waals surface area contributed by atoms with Crippen LogP contribution in [0.3, 0.4) is 0 Å². The van der Waals surface area contributed by atoms with Crippen molar-refractivity contribution in [3.63, 3.8) is 0 Å². The number of allylic oxidation sites excluding steroid dienone is 2. The van der Waals surface area contributed by atoms with Crippen LogP contribution in [0.4, 0.5) is 0 Å². The van der Waals surface area contributed by atoms with E-state index in [1.807, 2.05) is 0 Å². The summed E-state index contributed by atoms with van der Waals surface area (Å²) in [6.07, 6.45) is 24.1. The first-order chi connectivity index (χ1) is 19.8. The molecule has 41 heavy (non-hydrogen) atoms. The van der Waals surface area contributed by atoms with E-state index in [-0.39, 0.29) is 32.6 Å². The van der Waals surface area contributed by atoms with Gasteiger partial charge in [0.2, 0.25) is 0 Å². The maximum atomic E-state index is 12.4.